The molecule has 2 atom stereocenters. The number of aliphatic hydroxyl groups is 1. The van der Waals surface area contributed by atoms with Crippen molar-refractivity contribution in [2.24, 2.45) is 5.92 Å². The maximum absolute atomic E-state index is 12.0. The van der Waals surface area contributed by atoms with E-state index < -0.39 is 6.10 Å². The number of aliphatic hydroxyl groups excluding tert-OH is 1. The highest BCUT2D eigenvalue weighted by Gasteiger charge is 2.25. The molecule has 2 unspecified atom stereocenters. The van der Waals surface area contributed by atoms with Gasteiger partial charge in [-0.05, 0) is 11.5 Å². The number of nitrogens with one attached hydrogen (secondary N) is 2. The third-order valence-corrected chi connectivity index (χ3v) is 4.74. The monoisotopic (exact) mass is 358 g/mol. The van der Waals surface area contributed by atoms with Gasteiger partial charge in [0.15, 0.2) is 0 Å². The second kappa shape index (κ2) is 8.42. The standard InChI is InChI=1S/C19H26N4O3/c1-12(2)13-3-5-14(6-4-13)19-22-18(26-23-19)8-7-17(25)21-10-15-9-20-11-16(15)24/h3-6,12,15-16,20,24H,7-11H2,1-2H3,(H,21,25). The second-order valence-corrected chi connectivity index (χ2v) is 7.08. The summed E-state index contributed by atoms with van der Waals surface area (Å²) in [7, 11) is 0. The fraction of sp³-hybridized carbons (Fsp3) is 0.526. The van der Waals surface area contributed by atoms with Crippen LogP contribution in [0.5, 0.6) is 0 Å². The van der Waals surface area contributed by atoms with Gasteiger partial charge in [-0.15, -0.1) is 0 Å². The Bertz CT molecular complexity index is 727. The Morgan fingerprint density at radius 1 is 1.35 bits per heavy atom. The molecule has 26 heavy (non-hydrogen) atoms. The Morgan fingerprint density at radius 2 is 2.12 bits per heavy atom. The third-order valence-electron chi connectivity index (χ3n) is 4.74. The molecule has 0 bridgehead atoms. The lowest BCUT2D eigenvalue weighted by molar-refractivity contribution is -0.121. The molecule has 0 saturated carbocycles. The summed E-state index contributed by atoms with van der Waals surface area (Å²) >= 11 is 0. The van der Waals surface area contributed by atoms with Crippen molar-refractivity contribution >= 4 is 5.91 Å². The summed E-state index contributed by atoms with van der Waals surface area (Å²) in [6.45, 7) is 6.09. The molecule has 140 valence electrons. The van der Waals surface area contributed by atoms with E-state index >= 15 is 0 Å². The van der Waals surface area contributed by atoms with Crippen LogP contribution in [0.1, 0.15) is 37.6 Å². The second-order valence-electron chi connectivity index (χ2n) is 7.08. The minimum Gasteiger partial charge on any atom is -0.391 e. The Labute approximate surface area is 153 Å². The van der Waals surface area contributed by atoms with E-state index in [1.54, 1.807) is 0 Å². The zero-order valence-corrected chi connectivity index (χ0v) is 15.2. The van der Waals surface area contributed by atoms with Gasteiger partial charge >= 0.3 is 0 Å². The number of amides is 1. The molecule has 3 rings (SSSR count). The summed E-state index contributed by atoms with van der Waals surface area (Å²) in [5.41, 5.74) is 2.16. The van der Waals surface area contributed by atoms with Crippen LogP contribution in [0.4, 0.5) is 0 Å². The molecule has 7 heteroatoms. The molecule has 1 aromatic heterocycles. The van der Waals surface area contributed by atoms with Gasteiger partial charge in [0.05, 0.1) is 6.10 Å². The van der Waals surface area contributed by atoms with Crippen LogP contribution in [0.15, 0.2) is 28.8 Å². The molecule has 2 heterocycles. The fourth-order valence-electron chi connectivity index (χ4n) is 2.97. The third kappa shape index (κ3) is 4.68. The largest absolute Gasteiger partial charge is 0.391 e. The molecule has 3 N–H and O–H groups in total. The summed E-state index contributed by atoms with van der Waals surface area (Å²) < 4.78 is 5.25. The van der Waals surface area contributed by atoms with Crippen molar-refractivity contribution < 1.29 is 14.4 Å². The van der Waals surface area contributed by atoms with E-state index in [-0.39, 0.29) is 18.2 Å². The van der Waals surface area contributed by atoms with E-state index in [9.17, 15) is 9.90 Å². The van der Waals surface area contributed by atoms with Crippen molar-refractivity contribution in [1.29, 1.82) is 0 Å². The normalized spacial score (nSPS) is 19.8. The summed E-state index contributed by atoms with van der Waals surface area (Å²) in [6, 6.07) is 8.10. The molecule has 1 aliphatic rings. The first-order valence-corrected chi connectivity index (χ1v) is 9.11. The van der Waals surface area contributed by atoms with Crippen LogP contribution in [0.3, 0.4) is 0 Å². The van der Waals surface area contributed by atoms with Crippen LogP contribution in [0, 0.1) is 5.92 Å². The summed E-state index contributed by atoms with van der Waals surface area (Å²) in [5, 5.41) is 19.7. The zero-order valence-electron chi connectivity index (χ0n) is 15.2. The lowest BCUT2D eigenvalue weighted by Crippen LogP contribution is -2.34. The Kier molecular flexibility index (Phi) is 6.00. The molecule has 0 aliphatic carbocycles. The fourth-order valence-corrected chi connectivity index (χ4v) is 2.97. The van der Waals surface area contributed by atoms with Crippen molar-refractivity contribution in [2.75, 3.05) is 19.6 Å². The molecule has 7 nitrogen and oxygen atoms in total. The highest BCUT2D eigenvalue weighted by molar-refractivity contribution is 5.76. The zero-order chi connectivity index (χ0) is 18.5. The number of nitrogens with zero attached hydrogens (tertiary/aromatic N) is 2. The predicted molar refractivity (Wildman–Crippen MR) is 97.5 cm³/mol. The number of rotatable bonds is 7. The average molecular weight is 358 g/mol. The van der Waals surface area contributed by atoms with Gasteiger partial charge in [-0.25, -0.2) is 0 Å². The van der Waals surface area contributed by atoms with E-state index in [0.717, 1.165) is 12.1 Å². The molecule has 1 saturated heterocycles. The number of hydrogen-bond acceptors (Lipinski definition) is 6. The SMILES string of the molecule is CC(C)c1ccc(-c2noc(CCC(=O)NCC3CNCC3O)n2)cc1. The summed E-state index contributed by atoms with van der Waals surface area (Å²) in [6.07, 6.45) is 0.286. The summed E-state index contributed by atoms with van der Waals surface area (Å²) in [4.78, 5) is 16.3. The molecule has 1 amide bonds. The lowest BCUT2D eigenvalue weighted by Gasteiger charge is -2.13. The first kappa shape index (κ1) is 18.5. The first-order valence-electron chi connectivity index (χ1n) is 9.11. The maximum Gasteiger partial charge on any atom is 0.227 e. The average Bonchev–Trinajstić information content (AvgIpc) is 3.27. The van der Waals surface area contributed by atoms with Crippen molar-refractivity contribution in [1.82, 2.24) is 20.8 Å². The Balaban J connectivity index is 1.48. The minimum atomic E-state index is -0.393. The van der Waals surface area contributed by atoms with Crippen LogP contribution in [0.2, 0.25) is 0 Å². The molecule has 1 fully saturated rings. The number of aryl methyl sites for hydroxylation is 1. The predicted octanol–water partition coefficient (Wildman–Crippen LogP) is 1.49. The van der Waals surface area contributed by atoms with Crippen LogP contribution in [-0.4, -0.2) is 46.9 Å². The van der Waals surface area contributed by atoms with Gasteiger partial charge in [0.25, 0.3) is 0 Å². The smallest absolute Gasteiger partial charge is 0.227 e. The van der Waals surface area contributed by atoms with Crippen molar-refractivity contribution in [2.45, 2.75) is 38.7 Å². The highest BCUT2D eigenvalue weighted by atomic mass is 16.5. The topological polar surface area (TPSA) is 100 Å². The molecular weight excluding hydrogens is 332 g/mol. The van der Waals surface area contributed by atoms with E-state index in [1.165, 1.54) is 5.56 Å². The van der Waals surface area contributed by atoms with Crippen LogP contribution >= 0.6 is 0 Å². The van der Waals surface area contributed by atoms with Crippen molar-refractivity contribution in [3.63, 3.8) is 0 Å². The van der Waals surface area contributed by atoms with Gasteiger partial charge in [0.2, 0.25) is 17.6 Å². The number of β-amino-alcohol motifs (C(OH)–C–C–N with tert-alkyl or cyclic N) is 1. The van der Waals surface area contributed by atoms with Gasteiger partial charge in [-0.3, -0.25) is 4.79 Å². The van der Waals surface area contributed by atoms with Gasteiger partial charge < -0.3 is 20.3 Å². The van der Waals surface area contributed by atoms with Crippen molar-refractivity contribution in [3.8, 4) is 11.4 Å². The van der Waals surface area contributed by atoms with E-state index in [2.05, 4.69) is 46.8 Å². The number of carbonyl (C=O) groups excluding carboxylic acids is 1. The summed E-state index contributed by atoms with van der Waals surface area (Å²) in [5.74, 6) is 1.46. The van der Waals surface area contributed by atoms with Crippen LogP contribution in [0.25, 0.3) is 11.4 Å². The van der Waals surface area contributed by atoms with Gasteiger partial charge in [-0.2, -0.15) is 4.98 Å². The quantitative estimate of drug-likeness (QED) is 0.693. The van der Waals surface area contributed by atoms with E-state index in [1.807, 2.05) is 12.1 Å². The maximum atomic E-state index is 12.0. The first-order chi connectivity index (χ1) is 12.5. The van der Waals surface area contributed by atoms with Gasteiger partial charge in [0.1, 0.15) is 0 Å². The molecular formula is C19H26N4O3. The van der Waals surface area contributed by atoms with Crippen LogP contribution < -0.4 is 10.6 Å². The lowest BCUT2D eigenvalue weighted by atomic mass is 10.0. The Hall–Kier alpha value is -2.25. The molecule has 2 aromatic rings. The number of aromatic nitrogens is 2. The molecule has 1 aliphatic heterocycles. The molecule has 0 radical (unpaired) electrons. The highest BCUT2D eigenvalue weighted by Crippen LogP contribution is 2.20. The Morgan fingerprint density at radius 3 is 2.77 bits per heavy atom. The van der Waals surface area contributed by atoms with Gasteiger partial charge in [-0.1, -0.05) is 43.3 Å². The number of carbonyl (C=O) groups is 1. The van der Waals surface area contributed by atoms with E-state index in [0.29, 0.717) is 37.1 Å². The number of hydrogen-bond donors (Lipinski definition) is 3. The molecule has 1 aromatic carbocycles. The van der Waals surface area contributed by atoms with Crippen LogP contribution in [-0.2, 0) is 11.2 Å². The van der Waals surface area contributed by atoms with E-state index in [4.69, 9.17) is 4.52 Å². The number of benzene rings is 1. The van der Waals surface area contributed by atoms with Gasteiger partial charge in [0, 0.05) is 44.0 Å². The molecule has 0 spiro atoms. The van der Waals surface area contributed by atoms with Crippen molar-refractivity contribution in [3.05, 3.63) is 35.7 Å². The minimum absolute atomic E-state index is 0.0720.